The summed E-state index contributed by atoms with van der Waals surface area (Å²) in [5.74, 6) is 0.889. The van der Waals surface area contributed by atoms with Crippen molar-refractivity contribution < 1.29 is 4.74 Å². The lowest BCUT2D eigenvalue weighted by atomic mass is 10.0. The maximum Gasteiger partial charge on any atom is 0.122 e. The van der Waals surface area contributed by atoms with E-state index < -0.39 is 0 Å². The Bertz CT molecular complexity index is 403. The monoisotopic (exact) mass is 326 g/mol. The van der Waals surface area contributed by atoms with Gasteiger partial charge in [0.25, 0.3) is 0 Å². The number of ether oxygens (including phenoxy) is 1. The van der Waals surface area contributed by atoms with Crippen molar-refractivity contribution in [2.75, 3.05) is 32.1 Å². The molecule has 1 N–H and O–H groups in total. The number of hydrogen-bond acceptors (Lipinski definition) is 3. The molecule has 0 aliphatic carbocycles. The maximum absolute atomic E-state index is 5.30. The number of nitrogens with zero attached hydrogens (tertiary/aromatic N) is 1. The number of hydrogen-bond donors (Lipinski definition) is 1. The molecule has 0 bridgehead atoms. The first-order valence-corrected chi connectivity index (χ1v) is 7.84. The van der Waals surface area contributed by atoms with Crippen LogP contribution in [-0.4, -0.2) is 37.7 Å². The predicted octanol–water partition coefficient (Wildman–Crippen LogP) is 3.74. The summed E-state index contributed by atoms with van der Waals surface area (Å²) in [5, 5.41) is 3.62. The lowest BCUT2D eigenvalue weighted by molar-refractivity contribution is 0.219. The fourth-order valence-corrected chi connectivity index (χ4v) is 3.09. The van der Waals surface area contributed by atoms with Gasteiger partial charge in [0.2, 0.25) is 0 Å². The molecule has 0 spiro atoms. The van der Waals surface area contributed by atoms with Crippen LogP contribution in [0.25, 0.3) is 0 Å². The highest BCUT2D eigenvalue weighted by molar-refractivity contribution is 9.10. The fourth-order valence-electron chi connectivity index (χ4n) is 2.62. The highest BCUT2D eigenvalue weighted by Crippen LogP contribution is 2.26. The second-order valence-corrected chi connectivity index (χ2v) is 6.06. The van der Waals surface area contributed by atoms with Crippen LogP contribution in [0, 0.1) is 0 Å². The number of rotatable bonds is 5. The van der Waals surface area contributed by atoms with Crippen LogP contribution in [0.2, 0.25) is 0 Å². The van der Waals surface area contributed by atoms with Crippen molar-refractivity contribution in [1.82, 2.24) is 4.90 Å². The number of nitrogens with one attached hydrogen (secondary N) is 1. The van der Waals surface area contributed by atoms with E-state index in [2.05, 4.69) is 45.2 Å². The smallest absolute Gasteiger partial charge is 0.122 e. The zero-order valence-corrected chi connectivity index (χ0v) is 13.4. The van der Waals surface area contributed by atoms with Crippen LogP contribution in [0.5, 0.6) is 5.75 Å². The van der Waals surface area contributed by atoms with E-state index in [1.807, 2.05) is 6.07 Å². The fraction of sp³-hybridized carbons (Fsp3) is 0.600. The summed E-state index contributed by atoms with van der Waals surface area (Å²) >= 11 is 3.52. The molecule has 3 nitrogen and oxygen atoms in total. The van der Waals surface area contributed by atoms with Gasteiger partial charge in [-0.2, -0.15) is 0 Å². The Morgan fingerprint density at radius 2 is 2.05 bits per heavy atom. The number of methoxy groups -OCH3 is 1. The van der Waals surface area contributed by atoms with Crippen LogP contribution in [0.3, 0.4) is 0 Å². The van der Waals surface area contributed by atoms with Crippen molar-refractivity contribution in [2.45, 2.75) is 32.2 Å². The van der Waals surface area contributed by atoms with E-state index in [1.165, 1.54) is 38.9 Å². The third kappa shape index (κ3) is 4.39. The normalized spacial score (nSPS) is 17.4. The summed E-state index contributed by atoms with van der Waals surface area (Å²) in [6, 6.07) is 6.73. The van der Waals surface area contributed by atoms with Gasteiger partial charge in [0.1, 0.15) is 5.75 Å². The van der Waals surface area contributed by atoms with Crippen molar-refractivity contribution in [1.29, 1.82) is 0 Å². The SMILES string of the molecule is CCCN1CCC(Nc2cc(Br)cc(OC)c2)CC1. The summed E-state index contributed by atoms with van der Waals surface area (Å²) in [6.07, 6.45) is 3.69. The van der Waals surface area contributed by atoms with E-state index in [1.54, 1.807) is 7.11 Å². The van der Waals surface area contributed by atoms with Gasteiger partial charge in [-0.05, 0) is 37.9 Å². The van der Waals surface area contributed by atoms with E-state index in [4.69, 9.17) is 4.74 Å². The summed E-state index contributed by atoms with van der Waals surface area (Å²) < 4.78 is 6.35. The van der Waals surface area contributed by atoms with Crippen LogP contribution in [0.4, 0.5) is 5.69 Å². The molecule has 0 saturated carbocycles. The molecular weight excluding hydrogens is 304 g/mol. The van der Waals surface area contributed by atoms with Gasteiger partial charge in [0.05, 0.1) is 7.11 Å². The second-order valence-electron chi connectivity index (χ2n) is 5.14. The first kappa shape index (κ1) is 14.7. The minimum Gasteiger partial charge on any atom is -0.497 e. The van der Waals surface area contributed by atoms with E-state index in [0.717, 1.165) is 15.9 Å². The number of anilines is 1. The molecule has 1 aliphatic rings. The second kappa shape index (κ2) is 7.15. The van der Waals surface area contributed by atoms with Gasteiger partial charge in [0.15, 0.2) is 0 Å². The highest BCUT2D eigenvalue weighted by atomic mass is 79.9. The number of likely N-dealkylation sites (tertiary alicyclic amines) is 1. The van der Waals surface area contributed by atoms with Crippen molar-refractivity contribution in [2.24, 2.45) is 0 Å². The zero-order chi connectivity index (χ0) is 13.7. The Balaban J connectivity index is 1.90. The molecule has 0 unspecified atom stereocenters. The lowest BCUT2D eigenvalue weighted by Gasteiger charge is -2.32. The summed E-state index contributed by atoms with van der Waals surface area (Å²) in [6.45, 7) is 5.89. The van der Waals surface area contributed by atoms with Gasteiger partial charge >= 0.3 is 0 Å². The van der Waals surface area contributed by atoms with E-state index in [9.17, 15) is 0 Å². The average Bonchev–Trinajstić information content (AvgIpc) is 2.40. The van der Waals surface area contributed by atoms with Gasteiger partial charge in [-0.25, -0.2) is 0 Å². The summed E-state index contributed by atoms with van der Waals surface area (Å²) in [7, 11) is 1.70. The van der Waals surface area contributed by atoms with Crippen molar-refractivity contribution in [3.63, 3.8) is 0 Å². The zero-order valence-electron chi connectivity index (χ0n) is 11.8. The van der Waals surface area contributed by atoms with Crippen LogP contribution in [0.1, 0.15) is 26.2 Å². The first-order valence-electron chi connectivity index (χ1n) is 7.04. The van der Waals surface area contributed by atoms with Gasteiger partial charge < -0.3 is 15.0 Å². The summed E-state index contributed by atoms with van der Waals surface area (Å²) in [4.78, 5) is 2.56. The Morgan fingerprint density at radius 1 is 1.32 bits per heavy atom. The number of halogens is 1. The molecule has 1 aromatic rings. The van der Waals surface area contributed by atoms with Crippen LogP contribution < -0.4 is 10.1 Å². The molecule has 4 heteroatoms. The topological polar surface area (TPSA) is 24.5 Å². The average molecular weight is 327 g/mol. The quantitative estimate of drug-likeness (QED) is 0.891. The Kier molecular flexibility index (Phi) is 5.52. The molecule has 0 radical (unpaired) electrons. The largest absolute Gasteiger partial charge is 0.497 e. The van der Waals surface area contributed by atoms with Gasteiger partial charge in [0, 0.05) is 35.4 Å². The molecule has 1 aromatic carbocycles. The third-order valence-electron chi connectivity index (χ3n) is 3.61. The molecule has 1 saturated heterocycles. The third-order valence-corrected chi connectivity index (χ3v) is 4.06. The Morgan fingerprint density at radius 3 is 2.68 bits per heavy atom. The lowest BCUT2D eigenvalue weighted by Crippen LogP contribution is -2.39. The van der Waals surface area contributed by atoms with Crippen LogP contribution >= 0.6 is 15.9 Å². The number of benzene rings is 1. The molecule has 1 heterocycles. The molecular formula is C15H23BrN2O. The van der Waals surface area contributed by atoms with E-state index in [0.29, 0.717) is 6.04 Å². The molecule has 106 valence electrons. The summed E-state index contributed by atoms with van der Waals surface area (Å²) in [5.41, 5.74) is 1.14. The predicted molar refractivity (Wildman–Crippen MR) is 84.1 cm³/mol. The molecule has 0 aromatic heterocycles. The maximum atomic E-state index is 5.30. The molecule has 2 rings (SSSR count). The van der Waals surface area contributed by atoms with Gasteiger partial charge in [-0.1, -0.05) is 22.9 Å². The van der Waals surface area contributed by atoms with Crippen molar-refractivity contribution in [3.8, 4) is 5.75 Å². The first-order chi connectivity index (χ1) is 9.21. The Hall–Kier alpha value is -0.740. The van der Waals surface area contributed by atoms with Crippen molar-refractivity contribution in [3.05, 3.63) is 22.7 Å². The minimum absolute atomic E-state index is 0.576. The van der Waals surface area contributed by atoms with Crippen LogP contribution in [0.15, 0.2) is 22.7 Å². The molecule has 19 heavy (non-hydrogen) atoms. The molecule has 1 aliphatic heterocycles. The van der Waals surface area contributed by atoms with Gasteiger partial charge in [-0.3, -0.25) is 0 Å². The highest BCUT2D eigenvalue weighted by Gasteiger charge is 2.18. The standard InChI is InChI=1S/C15H23BrN2O/c1-3-6-18-7-4-13(5-8-18)17-14-9-12(16)10-15(11-14)19-2/h9-11,13,17H,3-8H2,1-2H3. The molecule has 1 fully saturated rings. The van der Waals surface area contributed by atoms with E-state index >= 15 is 0 Å². The van der Waals surface area contributed by atoms with Crippen molar-refractivity contribution >= 4 is 21.6 Å². The number of piperidine rings is 1. The Labute approximate surface area is 124 Å². The molecule has 0 atom stereocenters. The minimum atomic E-state index is 0.576. The van der Waals surface area contributed by atoms with Crippen LogP contribution in [-0.2, 0) is 0 Å². The molecule has 0 amide bonds. The van der Waals surface area contributed by atoms with E-state index in [-0.39, 0.29) is 0 Å². The van der Waals surface area contributed by atoms with Gasteiger partial charge in [-0.15, -0.1) is 0 Å².